The van der Waals surface area contributed by atoms with E-state index in [9.17, 15) is 4.21 Å². The molecular formula is C15H29N3OS2. The summed E-state index contributed by atoms with van der Waals surface area (Å²) < 4.78 is 12.0. The smallest absolute Gasteiger partial charge is 0.191 e. The van der Waals surface area contributed by atoms with Gasteiger partial charge >= 0.3 is 0 Å². The van der Waals surface area contributed by atoms with Crippen molar-refractivity contribution in [1.82, 2.24) is 10.6 Å². The van der Waals surface area contributed by atoms with E-state index < -0.39 is 10.8 Å². The summed E-state index contributed by atoms with van der Waals surface area (Å²) in [6, 6.07) is 0.395. The van der Waals surface area contributed by atoms with Gasteiger partial charge in [-0.05, 0) is 19.3 Å². The molecular weight excluding hydrogens is 302 g/mol. The van der Waals surface area contributed by atoms with Crippen LogP contribution in [-0.2, 0) is 10.8 Å². The van der Waals surface area contributed by atoms with Crippen molar-refractivity contribution in [2.24, 2.45) is 4.99 Å². The molecule has 3 unspecified atom stereocenters. The second kappa shape index (κ2) is 11.1. The lowest BCUT2D eigenvalue weighted by Gasteiger charge is -2.30. The van der Waals surface area contributed by atoms with Crippen molar-refractivity contribution in [3.05, 3.63) is 12.7 Å². The molecule has 0 amide bonds. The number of rotatable bonds is 8. The molecule has 0 heterocycles. The molecule has 4 nitrogen and oxygen atoms in total. The summed E-state index contributed by atoms with van der Waals surface area (Å²) in [6.45, 7) is 6.62. The molecule has 1 aliphatic carbocycles. The van der Waals surface area contributed by atoms with Crippen LogP contribution in [0.4, 0.5) is 0 Å². The molecule has 2 N–H and O–H groups in total. The monoisotopic (exact) mass is 331 g/mol. The highest BCUT2D eigenvalue weighted by Crippen LogP contribution is 2.22. The Balaban J connectivity index is 2.32. The number of hydrogen-bond acceptors (Lipinski definition) is 3. The molecule has 6 heteroatoms. The molecule has 0 spiro atoms. The first-order valence-electron chi connectivity index (χ1n) is 7.74. The van der Waals surface area contributed by atoms with Crippen LogP contribution in [0.25, 0.3) is 0 Å². The Morgan fingerprint density at radius 2 is 2.33 bits per heavy atom. The van der Waals surface area contributed by atoms with Crippen molar-refractivity contribution in [3.63, 3.8) is 0 Å². The summed E-state index contributed by atoms with van der Waals surface area (Å²) >= 11 is 1.86. The van der Waals surface area contributed by atoms with Crippen molar-refractivity contribution in [2.75, 3.05) is 30.9 Å². The number of thioether (sulfide) groups is 1. The second-order valence-electron chi connectivity index (χ2n) is 5.16. The summed E-state index contributed by atoms with van der Waals surface area (Å²) in [4.78, 5) is 4.28. The number of hydrogen-bond donors (Lipinski definition) is 2. The van der Waals surface area contributed by atoms with E-state index in [-0.39, 0.29) is 0 Å². The van der Waals surface area contributed by atoms with Gasteiger partial charge in [0.25, 0.3) is 0 Å². The maximum Gasteiger partial charge on any atom is 0.191 e. The van der Waals surface area contributed by atoms with Gasteiger partial charge in [0.2, 0.25) is 0 Å². The SMILES string of the molecule is C=CCSCCNC(=NC)NC1CCCC(S(=O)CC)C1. The average molecular weight is 332 g/mol. The van der Waals surface area contributed by atoms with Gasteiger partial charge in [0, 0.05) is 52.9 Å². The van der Waals surface area contributed by atoms with Gasteiger partial charge in [-0.15, -0.1) is 6.58 Å². The molecule has 3 atom stereocenters. The lowest BCUT2D eigenvalue weighted by atomic mass is 9.95. The van der Waals surface area contributed by atoms with Crippen molar-refractivity contribution in [1.29, 1.82) is 0 Å². The predicted molar refractivity (Wildman–Crippen MR) is 96.7 cm³/mol. The third-order valence-electron chi connectivity index (χ3n) is 3.62. The van der Waals surface area contributed by atoms with Gasteiger partial charge in [0.1, 0.15) is 0 Å². The molecule has 0 saturated heterocycles. The molecule has 1 fully saturated rings. The van der Waals surface area contributed by atoms with Crippen LogP contribution >= 0.6 is 11.8 Å². The summed E-state index contributed by atoms with van der Waals surface area (Å²) in [5, 5.41) is 7.17. The van der Waals surface area contributed by atoms with Crippen LogP contribution in [0.5, 0.6) is 0 Å². The van der Waals surface area contributed by atoms with Crippen molar-refractivity contribution in [3.8, 4) is 0 Å². The summed E-state index contributed by atoms with van der Waals surface area (Å²) in [5.41, 5.74) is 0. The van der Waals surface area contributed by atoms with Gasteiger partial charge in [-0.2, -0.15) is 11.8 Å². The minimum atomic E-state index is -0.673. The Hall–Kier alpha value is -0.490. The van der Waals surface area contributed by atoms with Crippen molar-refractivity contribution in [2.45, 2.75) is 43.9 Å². The molecule has 0 aromatic heterocycles. The van der Waals surface area contributed by atoms with Crippen LogP contribution in [0.15, 0.2) is 17.6 Å². The van der Waals surface area contributed by atoms with Crippen LogP contribution in [0.2, 0.25) is 0 Å². The summed E-state index contributed by atoms with van der Waals surface area (Å²) in [5.74, 6) is 3.66. The highest BCUT2D eigenvalue weighted by molar-refractivity contribution is 7.99. The van der Waals surface area contributed by atoms with Gasteiger partial charge < -0.3 is 10.6 Å². The normalized spacial score (nSPS) is 24.4. The first-order chi connectivity index (χ1) is 10.2. The van der Waals surface area contributed by atoms with Crippen LogP contribution in [0.1, 0.15) is 32.6 Å². The highest BCUT2D eigenvalue weighted by Gasteiger charge is 2.25. The van der Waals surface area contributed by atoms with E-state index in [0.717, 1.165) is 55.4 Å². The molecule has 122 valence electrons. The Labute approximate surface area is 136 Å². The minimum absolute atomic E-state index is 0.350. The molecule has 0 aromatic carbocycles. The summed E-state index contributed by atoms with van der Waals surface area (Å²) in [6.07, 6.45) is 6.31. The van der Waals surface area contributed by atoms with Crippen molar-refractivity contribution >= 4 is 28.5 Å². The highest BCUT2D eigenvalue weighted by atomic mass is 32.2. The van der Waals surface area contributed by atoms with E-state index in [1.807, 2.05) is 24.8 Å². The Kier molecular flexibility index (Phi) is 9.83. The Bertz CT molecular complexity index is 361. The first-order valence-corrected chi connectivity index (χ1v) is 10.3. The van der Waals surface area contributed by atoms with E-state index in [0.29, 0.717) is 11.3 Å². The largest absolute Gasteiger partial charge is 0.356 e. The van der Waals surface area contributed by atoms with Crippen LogP contribution < -0.4 is 10.6 Å². The van der Waals surface area contributed by atoms with Gasteiger partial charge in [0.05, 0.1) is 0 Å². The molecule has 1 rings (SSSR count). The van der Waals surface area contributed by atoms with Crippen LogP contribution in [0, 0.1) is 0 Å². The quantitative estimate of drug-likeness (QED) is 0.310. The Morgan fingerprint density at radius 1 is 1.52 bits per heavy atom. The van der Waals surface area contributed by atoms with E-state index in [4.69, 9.17) is 0 Å². The van der Waals surface area contributed by atoms with Crippen LogP contribution in [-0.4, -0.2) is 52.3 Å². The molecule has 1 saturated carbocycles. The average Bonchev–Trinajstić information content (AvgIpc) is 2.53. The van der Waals surface area contributed by atoms with E-state index in [2.05, 4.69) is 22.2 Å². The zero-order chi connectivity index (χ0) is 15.5. The van der Waals surface area contributed by atoms with Gasteiger partial charge in [-0.1, -0.05) is 19.4 Å². The minimum Gasteiger partial charge on any atom is -0.356 e. The van der Waals surface area contributed by atoms with Gasteiger partial charge in [-0.3, -0.25) is 9.20 Å². The number of nitrogens with zero attached hydrogens (tertiary/aromatic N) is 1. The molecule has 21 heavy (non-hydrogen) atoms. The third kappa shape index (κ3) is 7.36. The number of aliphatic imine (C=N–C) groups is 1. The lowest BCUT2D eigenvalue weighted by Crippen LogP contribution is -2.47. The fourth-order valence-electron chi connectivity index (χ4n) is 2.55. The Morgan fingerprint density at radius 3 is 3.00 bits per heavy atom. The van der Waals surface area contributed by atoms with Crippen LogP contribution in [0.3, 0.4) is 0 Å². The number of guanidine groups is 1. The standard InChI is InChI=1S/C15H29N3OS2/c1-4-10-20-11-9-17-15(16-3)18-13-7-6-8-14(12-13)21(19)5-2/h4,13-14H,1,5-12H2,2-3H3,(H2,16,17,18). The third-order valence-corrected chi connectivity index (χ3v) is 6.33. The molecule has 1 aliphatic rings. The zero-order valence-electron chi connectivity index (χ0n) is 13.3. The van der Waals surface area contributed by atoms with Crippen molar-refractivity contribution < 1.29 is 4.21 Å². The lowest BCUT2D eigenvalue weighted by molar-refractivity contribution is 0.414. The molecule has 0 bridgehead atoms. The fourth-order valence-corrected chi connectivity index (χ4v) is 4.47. The maximum atomic E-state index is 12.0. The fraction of sp³-hybridized carbons (Fsp3) is 0.800. The maximum absolute atomic E-state index is 12.0. The van der Waals surface area contributed by atoms with Gasteiger partial charge in [0.15, 0.2) is 5.96 Å². The van der Waals surface area contributed by atoms with E-state index in [1.165, 1.54) is 0 Å². The molecule has 0 aromatic rings. The number of nitrogens with one attached hydrogen (secondary N) is 2. The topological polar surface area (TPSA) is 53.5 Å². The van der Waals surface area contributed by atoms with Gasteiger partial charge in [-0.25, -0.2) is 0 Å². The molecule has 0 aliphatic heterocycles. The van der Waals surface area contributed by atoms with E-state index >= 15 is 0 Å². The first kappa shape index (κ1) is 18.6. The second-order valence-corrected chi connectivity index (χ2v) is 8.32. The van der Waals surface area contributed by atoms with E-state index in [1.54, 1.807) is 7.05 Å². The summed E-state index contributed by atoms with van der Waals surface area (Å²) in [7, 11) is 1.13. The predicted octanol–water partition coefficient (Wildman–Crippen LogP) is 2.15. The zero-order valence-corrected chi connectivity index (χ0v) is 14.9. The molecule has 0 radical (unpaired) electrons.